The molecular weight excluding hydrogens is 453 g/mol. The van der Waals surface area contributed by atoms with E-state index >= 15 is 0 Å². The zero-order valence-electron chi connectivity index (χ0n) is 16.7. The third-order valence-corrected chi connectivity index (χ3v) is 4.60. The predicted molar refractivity (Wildman–Crippen MR) is 124 cm³/mol. The maximum Gasteiger partial charge on any atom is 0.244 e. The molecule has 1 amide bonds. The summed E-state index contributed by atoms with van der Waals surface area (Å²) in [6.45, 7) is 9.86. The fourth-order valence-electron chi connectivity index (χ4n) is 2.96. The first-order valence-corrected chi connectivity index (χ1v) is 9.71. The van der Waals surface area contributed by atoms with Gasteiger partial charge in [-0.15, -0.1) is 24.0 Å². The highest BCUT2D eigenvalue weighted by molar-refractivity contribution is 14.0. The van der Waals surface area contributed by atoms with Crippen molar-refractivity contribution in [1.29, 1.82) is 0 Å². The molecule has 0 radical (unpaired) electrons. The van der Waals surface area contributed by atoms with E-state index in [1.807, 2.05) is 30.0 Å². The second-order valence-corrected chi connectivity index (χ2v) is 7.02. The average molecular weight is 487 g/mol. The fourth-order valence-corrected chi connectivity index (χ4v) is 2.96. The number of hydrogen-bond donors (Lipinski definition) is 3. The Labute approximate surface area is 180 Å². The second kappa shape index (κ2) is 12.8. The number of nitrogens with zero attached hydrogens (tertiary/aromatic N) is 2. The summed E-state index contributed by atoms with van der Waals surface area (Å²) < 4.78 is 0. The van der Waals surface area contributed by atoms with E-state index in [0.29, 0.717) is 11.9 Å². The number of benzene rings is 1. The van der Waals surface area contributed by atoms with E-state index in [4.69, 9.17) is 0 Å². The van der Waals surface area contributed by atoms with Gasteiger partial charge in [0, 0.05) is 37.9 Å². The van der Waals surface area contributed by atoms with Gasteiger partial charge in [-0.25, -0.2) is 4.99 Å². The van der Waals surface area contributed by atoms with Gasteiger partial charge in [0.15, 0.2) is 5.96 Å². The summed E-state index contributed by atoms with van der Waals surface area (Å²) in [5.41, 5.74) is 1.11. The lowest BCUT2D eigenvalue weighted by molar-refractivity contribution is -0.128. The van der Waals surface area contributed by atoms with E-state index in [1.54, 1.807) is 0 Å². The van der Waals surface area contributed by atoms with Gasteiger partial charge in [-0.3, -0.25) is 4.79 Å². The maximum absolute atomic E-state index is 12.2. The molecule has 1 aliphatic heterocycles. The minimum absolute atomic E-state index is 0. The van der Waals surface area contributed by atoms with E-state index in [2.05, 4.69) is 46.9 Å². The lowest BCUT2D eigenvalue weighted by Gasteiger charge is -2.25. The Balaban J connectivity index is 0.00000364. The van der Waals surface area contributed by atoms with Crippen LogP contribution in [0.5, 0.6) is 0 Å². The molecule has 2 rings (SSSR count). The van der Waals surface area contributed by atoms with Gasteiger partial charge < -0.3 is 20.9 Å². The van der Waals surface area contributed by atoms with Crippen LogP contribution in [0.15, 0.2) is 35.3 Å². The van der Waals surface area contributed by atoms with Gasteiger partial charge in [-0.05, 0) is 37.8 Å². The molecule has 3 N–H and O–H groups in total. The number of amides is 1. The molecule has 0 spiro atoms. The van der Waals surface area contributed by atoms with Gasteiger partial charge in [-0.1, -0.05) is 32.0 Å². The van der Waals surface area contributed by atoms with Crippen molar-refractivity contribution in [1.82, 2.24) is 15.5 Å². The van der Waals surface area contributed by atoms with Crippen LogP contribution >= 0.6 is 24.0 Å². The molecule has 1 atom stereocenters. The summed E-state index contributed by atoms with van der Waals surface area (Å²) in [6.07, 6.45) is 2.21. The van der Waals surface area contributed by atoms with Crippen LogP contribution < -0.4 is 16.0 Å². The molecule has 27 heavy (non-hydrogen) atoms. The van der Waals surface area contributed by atoms with Crippen molar-refractivity contribution >= 4 is 41.5 Å². The second-order valence-electron chi connectivity index (χ2n) is 7.02. The first kappa shape index (κ1) is 23.5. The first-order valence-electron chi connectivity index (χ1n) is 9.71. The largest absolute Gasteiger partial charge is 0.380 e. The van der Waals surface area contributed by atoms with Crippen LogP contribution in [0.25, 0.3) is 0 Å². The summed E-state index contributed by atoms with van der Waals surface area (Å²) in [5, 5.41) is 10.2. The molecule has 152 valence electrons. The number of carbonyl (C=O) groups is 1. The third kappa shape index (κ3) is 8.36. The number of para-hydroxylation sites is 1. The number of guanidine groups is 1. The summed E-state index contributed by atoms with van der Waals surface area (Å²) in [4.78, 5) is 18.6. The number of rotatable bonds is 8. The van der Waals surface area contributed by atoms with Crippen LogP contribution in [0.4, 0.5) is 5.69 Å². The number of aliphatic imine (C=N–C) groups is 1. The molecule has 7 heteroatoms. The lowest BCUT2D eigenvalue weighted by Crippen LogP contribution is -2.45. The number of carbonyl (C=O) groups excluding carboxylic acids is 1. The average Bonchev–Trinajstić information content (AvgIpc) is 3.18. The normalized spacial score (nSPS) is 15.3. The zero-order chi connectivity index (χ0) is 18.8. The summed E-state index contributed by atoms with van der Waals surface area (Å²) in [7, 11) is 0. The van der Waals surface area contributed by atoms with Gasteiger partial charge in [-0.2, -0.15) is 0 Å². The number of halogens is 1. The highest BCUT2D eigenvalue weighted by Gasteiger charge is 2.18. The van der Waals surface area contributed by atoms with Crippen molar-refractivity contribution in [3.63, 3.8) is 0 Å². The van der Waals surface area contributed by atoms with Crippen molar-refractivity contribution in [3.05, 3.63) is 30.3 Å². The molecule has 1 saturated heterocycles. The standard InChI is InChI=1S/C20H33N5O.HI/c1-4-21-20(23-15-19(26)25-12-8-9-13-25)22-14-18(16(2)3)24-17-10-6-5-7-11-17;/h5-7,10-11,16,18,24H,4,8-9,12-15H2,1-3H3,(H2,21,22,23);1H. The highest BCUT2D eigenvalue weighted by Crippen LogP contribution is 2.12. The summed E-state index contributed by atoms with van der Waals surface area (Å²) in [5.74, 6) is 1.26. The van der Waals surface area contributed by atoms with Gasteiger partial charge in [0.2, 0.25) is 5.91 Å². The molecule has 1 heterocycles. The Morgan fingerprint density at radius 2 is 1.81 bits per heavy atom. The minimum Gasteiger partial charge on any atom is -0.380 e. The predicted octanol–water partition coefficient (Wildman–Crippen LogP) is 2.92. The van der Waals surface area contributed by atoms with Crippen molar-refractivity contribution in [2.75, 3.05) is 38.0 Å². The van der Waals surface area contributed by atoms with Gasteiger partial charge in [0.25, 0.3) is 0 Å². The van der Waals surface area contributed by atoms with E-state index < -0.39 is 0 Å². The summed E-state index contributed by atoms with van der Waals surface area (Å²) in [6, 6.07) is 10.5. The smallest absolute Gasteiger partial charge is 0.244 e. The molecular formula is C20H34IN5O. The Morgan fingerprint density at radius 1 is 1.15 bits per heavy atom. The molecule has 0 aliphatic carbocycles. The number of likely N-dealkylation sites (tertiary alicyclic amines) is 1. The molecule has 1 fully saturated rings. The quantitative estimate of drug-likeness (QED) is 0.300. The summed E-state index contributed by atoms with van der Waals surface area (Å²) >= 11 is 0. The first-order chi connectivity index (χ1) is 12.6. The molecule has 0 aromatic heterocycles. The number of nitrogens with one attached hydrogen (secondary N) is 3. The Bertz CT molecular complexity index is 573. The lowest BCUT2D eigenvalue weighted by atomic mass is 10.0. The third-order valence-electron chi connectivity index (χ3n) is 4.60. The fraction of sp³-hybridized carbons (Fsp3) is 0.600. The van der Waals surface area contributed by atoms with Crippen LogP contribution in [0.1, 0.15) is 33.6 Å². The molecule has 0 saturated carbocycles. The molecule has 0 bridgehead atoms. The van der Waals surface area contributed by atoms with Crippen molar-refractivity contribution in [2.24, 2.45) is 10.9 Å². The molecule has 6 nitrogen and oxygen atoms in total. The van der Waals surface area contributed by atoms with Crippen LogP contribution in [0.2, 0.25) is 0 Å². The zero-order valence-corrected chi connectivity index (χ0v) is 19.0. The van der Waals surface area contributed by atoms with E-state index in [0.717, 1.165) is 44.7 Å². The van der Waals surface area contributed by atoms with E-state index in [-0.39, 0.29) is 42.5 Å². The van der Waals surface area contributed by atoms with Gasteiger partial charge in [0.1, 0.15) is 6.54 Å². The Morgan fingerprint density at radius 3 is 2.41 bits per heavy atom. The van der Waals surface area contributed by atoms with Crippen molar-refractivity contribution in [2.45, 2.75) is 39.7 Å². The molecule has 1 unspecified atom stereocenters. The van der Waals surface area contributed by atoms with Crippen molar-refractivity contribution in [3.8, 4) is 0 Å². The van der Waals surface area contributed by atoms with Crippen LogP contribution in [-0.2, 0) is 4.79 Å². The molecule has 1 aromatic carbocycles. The Kier molecular flexibility index (Phi) is 11.2. The minimum atomic E-state index is 0. The number of anilines is 1. The molecule has 1 aromatic rings. The van der Waals surface area contributed by atoms with E-state index in [9.17, 15) is 4.79 Å². The van der Waals surface area contributed by atoms with E-state index in [1.165, 1.54) is 0 Å². The van der Waals surface area contributed by atoms with Crippen LogP contribution in [0.3, 0.4) is 0 Å². The van der Waals surface area contributed by atoms with Gasteiger partial charge >= 0.3 is 0 Å². The SMILES string of the molecule is CCNC(=NCC(=O)N1CCCC1)NCC(Nc1ccccc1)C(C)C.I. The monoisotopic (exact) mass is 487 g/mol. The van der Waals surface area contributed by atoms with Gasteiger partial charge in [0.05, 0.1) is 0 Å². The molecule has 1 aliphatic rings. The number of hydrogen-bond acceptors (Lipinski definition) is 3. The van der Waals surface area contributed by atoms with Crippen molar-refractivity contribution < 1.29 is 4.79 Å². The topological polar surface area (TPSA) is 68.8 Å². The maximum atomic E-state index is 12.2. The van der Waals surface area contributed by atoms with Crippen LogP contribution in [0, 0.1) is 5.92 Å². The Hall–Kier alpha value is -1.51. The highest BCUT2D eigenvalue weighted by atomic mass is 127. The van der Waals surface area contributed by atoms with Crippen LogP contribution in [-0.4, -0.2) is 55.5 Å².